The molecule has 2 rings (SSSR count). The summed E-state index contributed by atoms with van der Waals surface area (Å²) in [7, 11) is -1.47. The molecule has 1 aliphatic heterocycles. The Hall–Kier alpha value is -0.980. The molecule has 0 saturated carbocycles. The quantitative estimate of drug-likeness (QED) is 0.882. The number of pyridine rings is 1. The zero-order valence-corrected chi connectivity index (χ0v) is 12.8. The fraction of sp³-hybridized carbons (Fsp3) is 0.643. The van der Waals surface area contributed by atoms with E-state index in [4.69, 9.17) is 0 Å². The number of rotatable bonds is 5. The van der Waals surface area contributed by atoms with E-state index >= 15 is 0 Å². The van der Waals surface area contributed by atoms with Gasteiger partial charge in [0.15, 0.2) is 0 Å². The molecule has 1 N–H and O–H groups in total. The van der Waals surface area contributed by atoms with Crippen molar-refractivity contribution in [2.45, 2.75) is 31.7 Å². The van der Waals surface area contributed by atoms with Crippen LogP contribution in [0.4, 0.5) is 0 Å². The third-order valence-corrected chi connectivity index (χ3v) is 5.79. The number of aryl methyl sites for hydroxylation is 1. The lowest BCUT2D eigenvalue weighted by atomic mass is 10.1. The van der Waals surface area contributed by atoms with Gasteiger partial charge in [-0.1, -0.05) is 0 Å². The maximum Gasteiger partial charge on any atom is 0.214 e. The molecule has 112 valence electrons. The Morgan fingerprint density at radius 1 is 1.30 bits per heavy atom. The van der Waals surface area contributed by atoms with Crippen LogP contribution in [0, 0.1) is 0 Å². The third-order valence-electron chi connectivity index (χ3n) is 3.90. The summed E-state index contributed by atoms with van der Waals surface area (Å²) in [6.07, 6.45) is 6.81. The predicted molar refractivity (Wildman–Crippen MR) is 80.0 cm³/mol. The van der Waals surface area contributed by atoms with E-state index in [-0.39, 0.29) is 11.8 Å². The van der Waals surface area contributed by atoms with Crippen molar-refractivity contribution in [2.24, 2.45) is 0 Å². The number of aromatic nitrogens is 1. The minimum atomic E-state index is -3.19. The first-order valence-corrected chi connectivity index (χ1v) is 8.76. The molecular weight excluding hydrogens is 274 g/mol. The summed E-state index contributed by atoms with van der Waals surface area (Å²) in [5, 5.41) is 3.31. The maximum absolute atomic E-state index is 12.4. The topological polar surface area (TPSA) is 62.3 Å². The molecule has 1 atom stereocenters. The van der Waals surface area contributed by atoms with Crippen molar-refractivity contribution in [2.75, 3.05) is 25.9 Å². The van der Waals surface area contributed by atoms with Gasteiger partial charge >= 0.3 is 0 Å². The van der Waals surface area contributed by atoms with Gasteiger partial charge in [0.25, 0.3) is 0 Å². The van der Waals surface area contributed by atoms with Crippen LogP contribution in [0.3, 0.4) is 0 Å². The number of nitrogens with one attached hydrogen (secondary N) is 1. The highest BCUT2D eigenvalue weighted by Crippen LogP contribution is 2.16. The lowest BCUT2D eigenvalue weighted by Crippen LogP contribution is -2.39. The van der Waals surface area contributed by atoms with Crippen LogP contribution in [0.5, 0.6) is 0 Å². The second-order valence-corrected chi connectivity index (χ2v) is 7.42. The van der Waals surface area contributed by atoms with Crippen LogP contribution < -0.4 is 5.32 Å². The summed E-state index contributed by atoms with van der Waals surface area (Å²) in [6.45, 7) is 1.89. The highest BCUT2D eigenvalue weighted by Gasteiger charge is 2.26. The predicted octanol–water partition coefficient (Wildman–Crippen LogP) is 1.03. The SMILES string of the molecule is CN(C1CCCNCC1)S(=O)(=O)CCc1ccncc1. The van der Waals surface area contributed by atoms with Gasteiger partial charge in [0.2, 0.25) is 10.0 Å². The molecule has 0 spiro atoms. The first-order chi connectivity index (χ1) is 9.59. The highest BCUT2D eigenvalue weighted by molar-refractivity contribution is 7.89. The molecule has 1 aromatic rings. The zero-order valence-electron chi connectivity index (χ0n) is 12.0. The van der Waals surface area contributed by atoms with Crippen molar-refractivity contribution in [3.8, 4) is 0 Å². The van der Waals surface area contributed by atoms with Crippen molar-refractivity contribution < 1.29 is 8.42 Å². The van der Waals surface area contributed by atoms with Crippen LogP contribution in [-0.4, -0.2) is 49.6 Å². The largest absolute Gasteiger partial charge is 0.317 e. The molecule has 0 bridgehead atoms. The molecule has 0 radical (unpaired) electrons. The van der Waals surface area contributed by atoms with Gasteiger partial charge in [-0.3, -0.25) is 4.98 Å². The molecular formula is C14H23N3O2S. The van der Waals surface area contributed by atoms with E-state index < -0.39 is 10.0 Å². The third kappa shape index (κ3) is 4.26. The summed E-state index contributed by atoms with van der Waals surface area (Å²) < 4.78 is 26.4. The minimum Gasteiger partial charge on any atom is -0.317 e. The lowest BCUT2D eigenvalue weighted by Gasteiger charge is -2.26. The Labute approximate surface area is 121 Å². The smallest absolute Gasteiger partial charge is 0.214 e. The van der Waals surface area contributed by atoms with Crippen molar-refractivity contribution in [3.63, 3.8) is 0 Å². The summed E-state index contributed by atoms with van der Waals surface area (Å²) in [5.41, 5.74) is 1.01. The van der Waals surface area contributed by atoms with Gasteiger partial charge in [-0.25, -0.2) is 12.7 Å². The Kier molecular flexibility index (Phi) is 5.51. The molecule has 0 amide bonds. The molecule has 0 aliphatic carbocycles. The average Bonchev–Trinajstić information content (AvgIpc) is 2.74. The van der Waals surface area contributed by atoms with Crippen molar-refractivity contribution >= 4 is 10.0 Å². The molecule has 5 nitrogen and oxygen atoms in total. The van der Waals surface area contributed by atoms with Crippen LogP contribution in [0.15, 0.2) is 24.5 Å². The van der Waals surface area contributed by atoms with E-state index in [1.807, 2.05) is 12.1 Å². The number of hydrogen-bond acceptors (Lipinski definition) is 4. The van der Waals surface area contributed by atoms with E-state index in [2.05, 4.69) is 10.3 Å². The Morgan fingerprint density at radius 3 is 2.80 bits per heavy atom. The second-order valence-electron chi connectivity index (χ2n) is 5.27. The first-order valence-electron chi connectivity index (χ1n) is 7.15. The normalized spacial score (nSPS) is 20.8. The summed E-state index contributed by atoms with van der Waals surface area (Å²) in [6, 6.07) is 3.86. The molecule has 1 saturated heterocycles. The van der Waals surface area contributed by atoms with Gasteiger partial charge in [-0.05, 0) is 56.5 Å². The van der Waals surface area contributed by atoms with E-state index in [1.54, 1.807) is 23.7 Å². The minimum absolute atomic E-state index is 0.132. The highest BCUT2D eigenvalue weighted by atomic mass is 32.2. The molecule has 0 aromatic carbocycles. The van der Waals surface area contributed by atoms with E-state index in [1.165, 1.54) is 0 Å². The molecule has 1 unspecified atom stereocenters. The fourth-order valence-electron chi connectivity index (χ4n) is 2.53. The standard InChI is InChI=1S/C14H23N3O2S/c1-17(14-3-2-8-15-11-6-14)20(18,19)12-7-13-4-9-16-10-5-13/h4-5,9-10,14-15H,2-3,6-8,11-12H2,1H3. The van der Waals surface area contributed by atoms with Gasteiger partial charge in [0, 0.05) is 25.5 Å². The van der Waals surface area contributed by atoms with Crippen molar-refractivity contribution in [1.82, 2.24) is 14.6 Å². The van der Waals surface area contributed by atoms with Crippen LogP contribution in [-0.2, 0) is 16.4 Å². The maximum atomic E-state index is 12.4. The number of hydrogen-bond donors (Lipinski definition) is 1. The first kappa shape index (κ1) is 15.4. The molecule has 1 aliphatic rings. The Bertz CT molecular complexity index is 496. The van der Waals surface area contributed by atoms with Gasteiger partial charge in [0.1, 0.15) is 0 Å². The summed E-state index contributed by atoms with van der Waals surface area (Å²) in [4.78, 5) is 3.94. The second kappa shape index (κ2) is 7.15. The van der Waals surface area contributed by atoms with Crippen molar-refractivity contribution in [1.29, 1.82) is 0 Å². The summed E-state index contributed by atoms with van der Waals surface area (Å²) >= 11 is 0. The molecule has 2 heterocycles. The van der Waals surface area contributed by atoms with Gasteiger partial charge in [-0.15, -0.1) is 0 Å². The fourth-order valence-corrected chi connectivity index (χ4v) is 3.98. The average molecular weight is 297 g/mol. The Balaban J connectivity index is 1.94. The molecule has 6 heteroatoms. The van der Waals surface area contributed by atoms with Crippen LogP contribution >= 0.6 is 0 Å². The lowest BCUT2D eigenvalue weighted by molar-refractivity contribution is 0.341. The van der Waals surface area contributed by atoms with Gasteiger partial charge in [0.05, 0.1) is 5.75 Å². The van der Waals surface area contributed by atoms with Crippen LogP contribution in [0.25, 0.3) is 0 Å². The monoisotopic (exact) mass is 297 g/mol. The summed E-state index contributed by atoms with van der Waals surface area (Å²) in [5.74, 6) is 0.164. The number of sulfonamides is 1. The van der Waals surface area contributed by atoms with E-state index in [0.717, 1.165) is 37.9 Å². The molecule has 1 fully saturated rings. The van der Waals surface area contributed by atoms with E-state index in [9.17, 15) is 8.42 Å². The van der Waals surface area contributed by atoms with Crippen LogP contribution in [0.2, 0.25) is 0 Å². The van der Waals surface area contributed by atoms with Crippen molar-refractivity contribution in [3.05, 3.63) is 30.1 Å². The molecule has 1 aromatic heterocycles. The van der Waals surface area contributed by atoms with E-state index in [0.29, 0.717) is 6.42 Å². The van der Waals surface area contributed by atoms with Gasteiger partial charge in [-0.2, -0.15) is 0 Å². The Morgan fingerprint density at radius 2 is 2.05 bits per heavy atom. The van der Waals surface area contributed by atoms with Crippen LogP contribution in [0.1, 0.15) is 24.8 Å². The zero-order chi connectivity index (χ0) is 14.4. The number of nitrogens with zero attached hydrogens (tertiary/aromatic N) is 2. The molecule has 20 heavy (non-hydrogen) atoms. The van der Waals surface area contributed by atoms with Gasteiger partial charge < -0.3 is 5.32 Å².